The van der Waals surface area contributed by atoms with Crippen LogP contribution in [0.3, 0.4) is 0 Å². The van der Waals surface area contributed by atoms with Crippen molar-refractivity contribution in [3.8, 4) is 5.75 Å². The molecule has 0 spiro atoms. The first-order valence-electron chi connectivity index (χ1n) is 9.04. The molecule has 1 unspecified atom stereocenters. The summed E-state index contributed by atoms with van der Waals surface area (Å²) in [5, 5.41) is 6.15. The van der Waals surface area contributed by atoms with Crippen molar-refractivity contribution in [1.29, 1.82) is 0 Å². The zero-order valence-electron chi connectivity index (χ0n) is 15.8. The van der Waals surface area contributed by atoms with Crippen molar-refractivity contribution < 1.29 is 26.7 Å². The Balaban J connectivity index is 2.02. The molecule has 1 atom stereocenters. The van der Waals surface area contributed by atoms with Gasteiger partial charge in [-0.05, 0) is 26.3 Å². The first kappa shape index (κ1) is 22.2. The molecule has 0 bridgehead atoms. The third-order valence-electron chi connectivity index (χ3n) is 4.20. The van der Waals surface area contributed by atoms with E-state index in [1.165, 1.54) is 11.0 Å². The molecule has 5 nitrogen and oxygen atoms in total. The van der Waals surface area contributed by atoms with Crippen LogP contribution in [0.2, 0.25) is 0 Å². The van der Waals surface area contributed by atoms with E-state index in [1.807, 2.05) is 13.8 Å². The average Bonchev–Trinajstić information content (AvgIpc) is 2.99. The van der Waals surface area contributed by atoms with Gasteiger partial charge in [0.1, 0.15) is 5.75 Å². The predicted molar refractivity (Wildman–Crippen MR) is 96.7 cm³/mol. The molecule has 2 rings (SSSR count). The van der Waals surface area contributed by atoms with Crippen molar-refractivity contribution >= 4 is 5.96 Å². The fraction of sp³-hybridized carbons (Fsp3) is 0.611. The lowest BCUT2D eigenvalue weighted by Crippen LogP contribution is -2.45. The molecule has 1 fully saturated rings. The number of nitrogens with zero attached hydrogens (tertiary/aromatic N) is 2. The van der Waals surface area contributed by atoms with E-state index in [9.17, 15) is 22.0 Å². The number of aliphatic imine (C=N–C) groups is 1. The summed E-state index contributed by atoms with van der Waals surface area (Å²) in [6.07, 6.45) is -3.66. The summed E-state index contributed by atoms with van der Waals surface area (Å²) in [5.74, 6) is 0.475. The predicted octanol–water partition coefficient (Wildman–Crippen LogP) is 3.29. The van der Waals surface area contributed by atoms with E-state index >= 15 is 0 Å². The van der Waals surface area contributed by atoms with Gasteiger partial charge in [0.25, 0.3) is 0 Å². The van der Waals surface area contributed by atoms with Gasteiger partial charge in [-0.3, -0.25) is 4.90 Å². The van der Waals surface area contributed by atoms with Gasteiger partial charge in [-0.2, -0.15) is 22.0 Å². The Morgan fingerprint density at radius 2 is 2.11 bits per heavy atom. The van der Waals surface area contributed by atoms with E-state index in [-0.39, 0.29) is 24.9 Å². The molecule has 10 heteroatoms. The molecule has 0 aromatic heterocycles. The lowest BCUT2D eigenvalue weighted by atomic mass is 10.1. The van der Waals surface area contributed by atoms with Crippen LogP contribution >= 0.6 is 0 Å². The lowest BCUT2D eigenvalue weighted by Gasteiger charge is -2.20. The first-order chi connectivity index (χ1) is 13.2. The molecule has 0 radical (unpaired) electrons. The number of halogens is 5. The Labute approximate surface area is 161 Å². The molecule has 0 saturated carbocycles. The van der Waals surface area contributed by atoms with Crippen LogP contribution in [0.25, 0.3) is 0 Å². The molecule has 1 aliphatic heterocycles. The van der Waals surface area contributed by atoms with E-state index < -0.39 is 19.3 Å². The van der Waals surface area contributed by atoms with Crippen LogP contribution < -0.4 is 15.4 Å². The number of benzene rings is 1. The third-order valence-corrected chi connectivity index (χ3v) is 4.20. The van der Waals surface area contributed by atoms with Gasteiger partial charge in [0, 0.05) is 31.2 Å². The summed E-state index contributed by atoms with van der Waals surface area (Å²) < 4.78 is 67.3. The number of hydrogen-bond donors (Lipinski definition) is 2. The van der Waals surface area contributed by atoms with Crippen LogP contribution in [-0.2, 0) is 6.54 Å². The fourth-order valence-electron chi connectivity index (χ4n) is 3.07. The van der Waals surface area contributed by atoms with Crippen LogP contribution in [0.15, 0.2) is 23.2 Å². The summed E-state index contributed by atoms with van der Waals surface area (Å²) in [6.45, 7) is 1.08. The molecule has 0 amide bonds. The number of alkyl halides is 5. The van der Waals surface area contributed by atoms with Gasteiger partial charge in [0.2, 0.25) is 0 Å². The van der Waals surface area contributed by atoms with Crippen LogP contribution in [0.1, 0.15) is 24.5 Å². The lowest BCUT2D eigenvalue weighted by molar-refractivity contribution is -0.143. The molecule has 158 valence electrons. The standard InChI is InChI=1S/C18H25F5N4O/c1-3-24-17(26-14-6-7-27(10-14)11-18(21,22)23)25-9-13-8-12(2)4-5-15(13)28-16(19)20/h4-5,8,14,16H,3,6-7,9-11H2,1-2H3,(H2,24,25,26). The Morgan fingerprint density at radius 3 is 2.75 bits per heavy atom. The minimum absolute atomic E-state index is 0.0532. The highest BCUT2D eigenvalue weighted by molar-refractivity contribution is 5.80. The van der Waals surface area contributed by atoms with E-state index in [2.05, 4.69) is 20.4 Å². The zero-order chi connectivity index (χ0) is 20.7. The summed E-state index contributed by atoms with van der Waals surface area (Å²) in [5.41, 5.74) is 1.38. The monoisotopic (exact) mass is 408 g/mol. The van der Waals surface area contributed by atoms with Gasteiger partial charge in [-0.1, -0.05) is 17.7 Å². The second-order valence-electron chi connectivity index (χ2n) is 6.67. The number of hydrogen-bond acceptors (Lipinski definition) is 3. The normalized spacial score (nSPS) is 18.6. The molecule has 1 aromatic carbocycles. The van der Waals surface area contributed by atoms with E-state index in [4.69, 9.17) is 0 Å². The van der Waals surface area contributed by atoms with Gasteiger partial charge >= 0.3 is 12.8 Å². The maximum Gasteiger partial charge on any atom is 0.401 e. The van der Waals surface area contributed by atoms with Gasteiger partial charge in [0.05, 0.1) is 13.1 Å². The Bertz CT molecular complexity index is 666. The second kappa shape index (κ2) is 9.90. The van der Waals surface area contributed by atoms with Crippen molar-refractivity contribution in [2.75, 3.05) is 26.2 Å². The van der Waals surface area contributed by atoms with Gasteiger partial charge < -0.3 is 15.4 Å². The number of rotatable bonds is 7. The Hall–Kier alpha value is -2.10. The van der Waals surface area contributed by atoms with Crippen LogP contribution in [0, 0.1) is 6.92 Å². The highest BCUT2D eigenvalue weighted by Gasteiger charge is 2.34. The Morgan fingerprint density at radius 1 is 1.36 bits per heavy atom. The van der Waals surface area contributed by atoms with Crippen molar-refractivity contribution in [3.05, 3.63) is 29.3 Å². The van der Waals surface area contributed by atoms with Crippen LogP contribution in [0.4, 0.5) is 22.0 Å². The van der Waals surface area contributed by atoms with Crippen molar-refractivity contribution in [3.63, 3.8) is 0 Å². The van der Waals surface area contributed by atoms with Gasteiger partial charge in [0.15, 0.2) is 5.96 Å². The number of ether oxygens (including phenoxy) is 1. The van der Waals surface area contributed by atoms with E-state index in [0.29, 0.717) is 31.0 Å². The van der Waals surface area contributed by atoms with Crippen LogP contribution in [-0.4, -0.2) is 55.9 Å². The highest BCUT2D eigenvalue weighted by Crippen LogP contribution is 2.23. The number of aryl methyl sites for hydroxylation is 1. The first-order valence-corrected chi connectivity index (χ1v) is 9.04. The minimum atomic E-state index is -4.22. The maximum atomic E-state index is 12.6. The maximum absolute atomic E-state index is 12.6. The number of nitrogens with one attached hydrogen (secondary N) is 2. The topological polar surface area (TPSA) is 48.9 Å². The summed E-state index contributed by atoms with van der Waals surface area (Å²) in [4.78, 5) is 5.73. The summed E-state index contributed by atoms with van der Waals surface area (Å²) >= 11 is 0. The SMILES string of the molecule is CCNC(=NCc1cc(C)ccc1OC(F)F)NC1CCN(CC(F)(F)F)C1. The molecular formula is C18H25F5N4O. The molecule has 2 N–H and O–H groups in total. The van der Waals surface area contributed by atoms with Crippen molar-refractivity contribution in [2.45, 2.75) is 45.6 Å². The molecule has 1 heterocycles. The molecule has 28 heavy (non-hydrogen) atoms. The fourth-order valence-corrected chi connectivity index (χ4v) is 3.07. The average molecular weight is 408 g/mol. The van der Waals surface area contributed by atoms with Crippen LogP contribution in [0.5, 0.6) is 5.75 Å². The number of guanidine groups is 1. The quantitative estimate of drug-likeness (QED) is 0.413. The smallest absolute Gasteiger partial charge is 0.401 e. The zero-order valence-corrected chi connectivity index (χ0v) is 15.8. The molecule has 1 saturated heterocycles. The number of likely N-dealkylation sites (tertiary alicyclic amines) is 1. The molecule has 0 aliphatic carbocycles. The van der Waals surface area contributed by atoms with Crippen molar-refractivity contribution in [1.82, 2.24) is 15.5 Å². The summed E-state index contributed by atoms with van der Waals surface area (Å²) in [6, 6.07) is 4.68. The second-order valence-corrected chi connectivity index (χ2v) is 6.67. The highest BCUT2D eigenvalue weighted by atomic mass is 19.4. The summed E-state index contributed by atoms with van der Waals surface area (Å²) in [7, 11) is 0. The van der Waals surface area contributed by atoms with Gasteiger partial charge in [-0.25, -0.2) is 4.99 Å². The van der Waals surface area contributed by atoms with Gasteiger partial charge in [-0.15, -0.1) is 0 Å². The molecule has 1 aromatic rings. The minimum Gasteiger partial charge on any atom is -0.434 e. The molecule has 1 aliphatic rings. The Kier molecular flexibility index (Phi) is 7.85. The third kappa shape index (κ3) is 7.49. The van der Waals surface area contributed by atoms with E-state index in [0.717, 1.165) is 5.56 Å². The van der Waals surface area contributed by atoms with E-state index in [1.54, 1.807) is 12.1 Å². The molecular weight excluding hydrogens is 383 g/mol. The van der Waals surface area contributed by atoms with Crippen molar-refractivity contribution in [2.24, 2.45) is 4.99 Å². The largest absolute Gasteiger partial charge is 0.434 e.